The zero-order chi connectivity index (χ0) is 41.2. The average Bonchev–Trinajstić information content (AvgIpc) is 3.98. The highest BCUT2D eigenvalue weighted by Gasteiger charge is 2.27. The smallest absolute Gasteiger partial charge is 0.273 e. The van der Waals surface area contributed by atoms with E-state index in [1.54, 1.807) is 31.5 Å². The number of carbonyl (C=O) groups excluding carboxylic acids is 4. The Morgan fingerprint density at radius 2 is 1.66 bits per heavy atom. The van der Waals surface area contributed by atoms with E-state index in [4.69, 9.17) is 9.26 Å². The third-order valence-corrected chi connectivity index (χ3v) is 11.2. The van der Waals surface area contributed by atoms with Gasteiger partial charge in [-0.2, -0.15) is 0 Å². The van der Waals surface area contributed by atoms with Crippen molar-refractivity contribution in [3.05, 3.63) is 106 Å². The van der Waals surface area contributed by atoms with E-state index in [1.807, 2.05) is 30.6 Å². The molecule has 14 heteroatoms. The largest absolute Gasteiger partial charge is 0.507 e. The number of aryl methyl sites for hydroxylation is 2. The van der Waals surface area contributed by atoms with E-state index in [0.717, 1.165) is 60.1 Å². The van der Waals surface area contributed by atoms with Gasteiger partial charge in [-0.1, -0.05) is 61.3 Å². The lowest BCUT2D eigenvalue weighted by atomic mass is 9.96. The molecule has 0 aliphatic heterocycles. The maximum Gasteiger partial charge on any atom is 0.273 e. The Kier molecular flexibility index (Phi) is 13.9. The van der Waals surface area contributed by atoms with E-state index in [9.17, 15) is 24.3 Å². The highest BCUT2D eigenvalue weighted by Crippen LogP contribution is 2.35. The molecular formula is C44H50N6O7S. The van der Waals surface area contributed by atoms with Gasteiger partial charge in [0.25, 0.3) is 17.7 Å². The number of unbranched alkanes of at least 4 members (excludes halogenated alkanes) is 3. The van der Waals surface area contributed by atoms with Crippen molar-refractivity contribution in [3.8, 4) is 33.3 Å². The summed E-state index contributed by atoms with van der Waals surface area (Å²) in [6, 6.07) is 19.7. The first-order chi connectivity index (χ1) is 28.0. The number of carbonyl (C=O) groups is 4. The van der Waals surface area contributed by atoms with Crippen LogP contribution in [0.25, 0.3) is 21.8 Å². The van der Waals surface area contributed by atoms with Gasteiger partial charge in [-0.15, -0.1) is 11.3 Å². The zero-order valence-electron chi connectivity index (χ0n) is 33.3. The molecule has 304 valence electrons. The van der Waals surface area contributed by atoms with Gasteiger partial charge in [0, 0.05) is 45.2 Å². The summed E-state index contributed by atoms with van der Waals surface area (Å²) in [4.78, 5) is 57.3. The van der Waals surface area contributed by atoms with Crippen molar-refractivity contribution >= 4 is 35.0 Å². The Bertz CT molecular complexity index is 2230. The molecule has 1 aliphatic carbocycles. The van der Waals surface area contributed by atoms with Crippen LogP contribution in [0.2, 0.25) is 0 Å². The van der Waals surface area contributed by atoms with Crippen LogP contribution in [0.5, 0.6) is 11.5 Å². The molecule has 6 rings (SSSR count). The number of amides is 4. The van der Waals surface area contributed by atoms with E-state index in [2.05, 4.69) is 57.3 Å². The highest BCUT2D eigenvalue weighted by molar-refractivity contribution is 7.13. The Labute approximate surface area is 342 Å². The monoisotopic (exact) mass is 806 g/mol. The van der Waals surface area contributed by atoms with Gasteiger partial charge in [0.15, 0.2) is 18.1 Å². The van der Waals surface area contributed by atoms with Crippen LogP contribution in [0.3, 0.4) is 0 Å². The number of rotatable bonds is 18. The molecule has 0 fully saturated rings. The molecule has 4 amide bonds. The number of aromatic hydroxyl groups is 1. The van der Waals surface area contributed by atoms with Gasteiger partial charge in [0.2, 0.25) is 5.91 Å². The standard InChI is InChI=1S/C44H50N6O7S/c1-27(29-9-11-31(12-10-29)42-28(2)47-26-58-42)21-40(52)45-19-7-5-6-8-20-46-41(53)25-56-33-16-13-30-15-18-36(35(30)23-33)48-43(54)37-24-39(57-49-37)32-14-17-34(38(51)22-32)44(55)50(3)4/h9-14,16-17,22-24,26-27,36,51H,5-8,15,18-21,25H2,1-4H3,(H,45,52)(H,46,53)(H,48,54)/t27-,36?/m0/s1. The van der Waals surface area contributed by atoms with Crippen molar-refractivity contribution in [2.24, 2.45) is 0 Å². The molecule has 4 N–H and O–H groups in total. The number of fused-ring (bicyclic) bond motifs is 1. The molecule has 13 nitrogen and oxygen atoms in total. The molecule has 58 heavy (non-hydrogen) atoms. The highest BCUT2D eigenvalue weighted by atomic mass is 32.1. The number of hydrogen-bond acceptors (Lipinski definition) is 10. The van der Waals surface area contributed by atoms with Crippen molar-refractivity contribution in [1.29, 1.82) is 0 Å². The summed E-state index contributed by atoms with van der Waals surface area (Å²) < 4.78 is 11.2. The molecule has 3 aromatic carbocycles. The minimum absolute atomic E-state index is 0.0503. The molecule has 0 bridgehead atoms. The van der Waals surface area contributed by atoms with Crippen molar-refractivity contribution in [2.45, 2.75) is 70.8 Å². The number of nitrogens with zero attached hydrogens (tertiary/aromatic N) is 3. The van der Waals surface area contributed by atoms with Gasteiger partial charge >= 0.3 is 0 Å². The molecule has 0 saturated carbocycles. The summed E-state index contributed by atoms with van der Waals surface area (Å²) in [5.74, 6) is -0.196. The molecule has 0 spiro atoms. The fourth-order valence-corrected chi connectivity index (χ4v) is 7.76. The molecule has 0 saturated heterocycles. The number of ether oxygens (including phenoxy) is 1. The maximum absolute atomic E-state index is 13.2. The third-order valence-electron chi connectivity index (χ3n) is 10.3. The van der Waals surface area contributed by atoms with E-state index in [1.165, 1.54) is 28.0 Å². The fourth-order valence-electron chi connectivity index (χ4n) is 6.95. The first kappa shape index (κ1) is 41.6. The van der Waals surface area contributed by atoms with Crippen molar-refractivity contribution in [2.75, 3.05) is 33.8 Å². The normalized spacial score (nSPS) is 13.7. The molecule has 0 radical (unpaired) electrons. The lowest BCUT2D eigenvalue weighted by Crippen LogP contribution is -2.30. The van der Waals surface area contributed by atoms with Crippen LogP contribution in [-0.2, 0) is 16.0 Å². The topological polar surface area (TPSA) is 176 Å². The van der Waals surface area contributed by atoms with Gasteiger partial charge in [0.05, 0.1) is 27.7 Å². The number of aromatic nitrogens is 2. The molecule has 2 aromatic heterocycles. The quantitative estimate of drug-likeness (QED) is 0.0682. The zero-order valence-corrected chi connectivity index (χ0v) is 34.1. The number of benzene rings is 3. The summed E-state index contributed by atoms with van der Waals surface area (Å²) in [7, 11) is 3.19. The van der Waals surface area contributed by atoms with Crippen molar-refractivity contribution < 1.29 is 33.5 Å². The summed E-state index contributed by atoms with van der Waals surface area (Å²) in [5, 5.41) is 23.3. The van der Waals surface area contributed by atoms with Crippen LogP contribution in [0.1, 0.15) is 101 Å². The minimum Gasteiger partial charge on any atom is -0.507 e. The average molecular weight is 807 g/mol. The maximum atomic E-state index is 13.2. The Morgan fingerprint density at radius 3 is 2.34 bits per heavy atom. The number of thiazole rings is 1. The predicted molar refractivity (Wildman–Crippen MR) is 222 cm³/mol. The molecule has 5 aromatic rings. The van der Waals surface area contributed by atoms with Crippen LogP contribution >= 0.6 is 11.3 Å². The summed E-state index contributed by atoms with van der Waals surface area (Å²) >= 11 is 1.63. The van der Waals surface area contributed by atoms with Crippen molar-refractivity contribution in [1.82, 2.24) is 31.0 Å². The van der Waals surface area contributed by atoms with E-state index in [-0.39, 0.29) is 59.1 Å². The third kappa shape index (κ3) is 10.7. The number of nitrogens with one attached hydrogen (secondary N) is 3. The molecule has 2 heterocycles. The first-order valence-corrected chi connectivity index (χ1v) is 20.5. The van der Waals surface area contributed by atoms with Gasteiger partial charge in [-0.05, 0) is 85.0 Å². The lowest BCUT2D eigenvalue weighted by Gasteiger charge is -2.14. The second-order valence-corrected chi connectivity index (χ2v) is 15.7. The van der Waals surface area contributed by atoms with E-state index >= 15 is 0 Å². The molecule has 1 unspecified atom stereocenters. The van der Waals surface area contributed by atoms with Gasteiger partial charge in [-0.3, -0.25) is 19.2 Å². The van der Waals surface area contributed by atoms with Gasteiger partial charge in [-0.25, -0.2) is 4.98 Å². The Hall–Kier alpha value is -6.02. The SMILES string of the molecule is Cc1ncsc1-c1ccc([C@@H](C)CC(=O)NCCCCCCNC(=O)COc2ccc3c(c2)C(NC(=O)c2cc(-c4ccc(C(=O)N(C)C)c(O)c4)on2)CC3)cc1. The number of phenolic OH excluding ortho intramolecular Hbond substituents is 1. The van der Waals surface area contributed by atoms with Gasteiger partial charge in [0.1, 0.15) is 11.5 Å². The second-order valence-electron chi connectivity index (χ2n) is 14.8. The lowest BCUT2D eigenvalue weighted by molar-refractivity contribution is -0.123. The first-order valence-electron chi connectivity index (χ1n) is 19.6. The fraction of sp³-hybridized carbons (Fsp3) is 0.364. The van der Waals surface area contributed by atoms with Crippen molar-refractivity contribution in [3.63, 3.8) is 0 Å². The van der Waals surface area contributed by atoms with Crippen LogP contribution in [0, 0.1) is 6.92 Å². The van der Waals surface area contributed by atoms with Gasteiger partial charge < -0.3 is 35.2 Å². The number of phenols is 1. The van der Waals surface area contributed by atoms with E-state index < -0.39 is 5.91 Å². The van der Waals surface area contributed by atoms with Crippen LogP contribution in [0.15, 0.2) is 76.8 Å². The number of hydrogen-bond donors (Lipinski definition) is 4. The molecule has 2 atom stereocenters. The summed E-state index contributed by atoms with van der Waals surface area (Å²) in [5.41, 5.74) is 7.88. The summed E-state index contributed by atoms with van der Waals surface area (Å²) in [6.07, 6.45) is 5.49. The van der Waals surface area contributed by atoms with Crippen LogP contribution in [-0.4, -0.2) is 77.6 Å². The molecular weight excluding hydrogens is 757 g/mol. The van der Waals surface area contributed by atoms with E-state index in [0.29, 0.717) is 37.2 Å². The Balaban J connectivity index is 0.853. The van der Waals surface area contributed by atoms with Crippen LogP contribution in [0.4, 0.5) is 0 Å². The second kappa shape index (κ2) is 19.4. The Morgan fingerprint density at radius 1 is 0.931 bits per heavy atom. The minimum atomic E-state index is -0.419. The predicted octanol–water partition coefficient (Wildman–Crippen LogP) is 6.96. The summed E-state index contributed by atoms with van der Waals surface area (Å²) in [6.45, 7) is 5.13. The molecule has 1 aliphatic rings. The van der Waals surface area contributed by atoms with Crippen LogP contribution < -0.4 is 20.7 Å².